The second kappa shape index (κ2) is 9.22. The number of hydrogen-bond donors (Lipinski definition) is 2. The third-order valence-electron chi connectivity index (χ3n) is 5.39. The van der Waals surface area contributed by atoms with Crippen molar-refractivity contribution in [2.24, 2.45) is 10.4 Å². The summed E-state index contributed by atoms with van der Waals surface area (Å²) in [4.78, 5) is 19.4. The first-order chi connectivity index (χ1) is 13.2. The van der Waals surface area contributed by atoms with E-state index in [-0.39, 0.29) is 5.91 Å². The van der Waals surface area contributed by atoms with E-state index in [1.54, 1.807) is 0 Å². The molecule has 2 heterocycles. The molecule has 2 fully saturated rings. The van der Waals surface area contributed by atoms with Crippen molar-refractivity contribution in [3.05, 3.63) is 35.4 Å². The van der Waals surface area contributed by atoms with Gasteiger partial charge in [0.05, 0.1) is 13.2 Å². The van der Waals surface area contributed by atoms with Crippen molar-refractivity contribution >= 4 is 11.9 Å². The Morgan fingerprint density at radius 1 is 1.30 bits per heavy atom. The number of benzene rings is 1. The van der Waals surface area contributed by atoms with Gasteiger partial charge in [-0.25, -0.2) is 4.99 Å². The van der Waals surface area contributed by atoms with Crippen LogP contribution in [-0.4, -0.2) is 56.2 Å². The largest absolute Gasteiger partial charge is 0.381 e. The van der Waals surface area contributed by atoms with Gasteiger partial charge >= 0.3 is 0 Å². The Morgan fingerprint density at radius 3 is 2.93 bits per heavy atom. The highest BCUT2D eigenvalue weighted by molar-refractivity contribution is 5.94. The van der Waals surface area contributed by atoms with E-state index in [0.29, 0.717) is 24.1 Å². The molecular weight excluding hydrogens is 340 g/mol. The quantitative estimate of drug-likeness (QED) is 0.594. The van der Waals surface area contributed by atoms with Crippen LogP contribution in [0.2, 0.25) is 0 Å². The summed E-state index contributed by atoms with van der Waals surface area (Å²) in [5, 5.41) is 6.35. The molecule has 0 aromatic heterocycles. The van der Waals surface area contributed by atoms with Gasteiger partial charge in [-0.1, -0.05) is 19.1 Å². The van der Waals surface area contributed by atoms with Crippen molar-refractivity contribution in [1.82, 2.24) is 15.5 Å². The van der Waals surface area contributed by atoms with E-state index >= 15 is 0 Å². The van der Waals surface area contributed by atoms with E-state index in [1.165, 1.54) is 6.42 Å². The molecule has 0 aliphatic carbocycles. The number of nitrogens with one attached hydrogen (secondary N) is 2. The first-order valence-corrected chi connectivity index (χ1v) is 10.1. The van der Waals surface area contributed by atoms with Crippen molar-refractivity contribution in [1.29, 1.82) is 0 Å². The number of hydrogen-bond acceptors (Lipinski definition) is 3. The molecule has 1 amide bonds. The topological polar surface area (TPSA) is 66.0 Å². The summed E-state index contributed by atoms with van der Waals surface area (Å²) >= 11 is 0. The summed E-state index contributed by atoms with van der Waals surface area (Å²) in [5.41, 5.74) is 2.06. The smallest absolute Gasteiger partial charge is 0.251 e. The molecule has 3 rings (SSSR count). The van der Waals surface area contributed by atoms with Crippen LogP contribution >= 0.6 is 0 Å². The number of carbonyl (C=O) groups excluding carboxylic acids is 1. The summed E-state index contributed by atoms with van der Waals surface area (Å²) in [6.45, 7) is 10.0. The fourth-order valence-corrected chi connectivity index (χ4v) is 3.83. The molecule has 1 spiro atoms. The highest BCUT2D eigenvalue weighted by Crippen LogP contribution is 2.38. The Hall–Kier alpha value is -2.08. The first kappa shape index (κ1) is 19.7. The minimum absolute atomic E-state index is 0.0164. The normalized spacial score (nSPS) is 22.4. The molecule has 2 N–H and O–H groups in total. The lowest BCUT2D eigenvalue weighted by Gasteiger charge is -2.25. The molecule has 2 aliphatic heterocycles. The van der Waals surface area contributed by atoms with Gasteiger partial charge in [0.1, 0.15) is 0 Å². The van der Waals surface area contributed by atoms with Crippen LogP contribution in [0.25, 0.3) is 0 Å². The summed E-state index contributed by atoms with van der Waals surface area (Å²) < 4.78 is 5.64. The fourth-order valence-electron chi connectivity index (χ4n) is 3.83. The molecule has 1 atom stereocenters. The molecule has 27 heavy (non-hydrogen) atoms. The Labute approximate surface area is 162 Å². The highest BCUT2D eigenvalue weighted by atomic mass is 16.5. The number of rotatable bonds is 6. The molecule has 1 aromatic rings. The van der Waals surface area contributed by atoms with Gasteiger partial charge in [-0.2, -0.15) is 0 Å². The average Bonchev–Trinajstić information content (AvgIpc) is 3.33. The van der Waals surface area contributed by atoms with Gasteiger partial charge in [0.15, 0.2) is 5.96 Å². The molecule has 148 valence electrons. The van der Waals surface area contributed by atoms with Gasteiger partial charge in [-0.3, -0.25) is 4.79 Å². The van der Waals surface area contributed by atoms with Crippen LogP contribution in [0.1, 0.15) is 49.0 Å². The van der Waals surface area contributed by atoms with E-state index in [4.69, 9.17) is 9.73 Å². The summed E-state index contributed by atoms with van der Waals surface area (Å²) in [7, 11) is 0. The maximum atomic E-state index is 12.2. The molecule has 1 unspecified atom stereocenters. The maximum absolute atomic E-state index is 12.2. The number of carbonyl (C=O) groups is 1. The predicted molar refractivity (Wildman–Crippen MR) is 108 cm³/mol. The van der Waals surface area contributed by atoms with E-state index in [2.05, 4.69) is 22.5 Å². The van der Waals surface area contributed by atoms with Crippen LogP contribution in [0.5, 0.6) is 0 Å². The fraction of sp³-hybridized carbons (Fsp3) is 0.619. The number of likely N-dealkylation sites (tertiary alicyclic amines) is 1. The summed E-state index contributed by atoms with van der Waals surface area (Å²) in [6, 6.07) is 7.75. The number of nitrogens with zero attached hydrogens (tertiary/aromatic N) is 2. The molecule has 0 bridgehead atoms. The van der Waals surface area contributed by atoms with Crippen molar-refractivity contribution in [2.45, 2.75) is 39.7 Å². The van der Waals surface area contributed by atoms with Gasteiger partial charge in [0.2, 0.25) is 0 Å². The Morgan fingerprint density at radius 2 is 2.19 bits per heavy atom. The SMILES string of the molecule is CCCNC(=O)c1cccc(CN=C(NCC)N2CCC3(CCOC3)C2)c1. The van der Waals surface area contributed by atoms with E-state index in [0.717, 1.165) is 57.2 Å². The molecule has 6 heteroatoms. The lowest BCUT2D eigenvalue weighted by Crippen LogP contribution is -2.41. The zero-order chi connectivity index (χ0) is 19.1. The maximum Gasteiger partial charge on any atom is 0.251 e. The van der Waals surface area contributed by atoms with Crippen LogP contribution in [-0.2, 0) is 11.3 Å². The van der Waals surface area contributed by atoms with E-state index in [9.17, 15) is 4.79 Å². The Balaban J connectivity index is 1.66. The van der Waals surface area contributed by atoms with Gasteiger partial charge < -0.3 is 20.3 Å². The lowest BCUT2D eigenvalue weighted by molar-refractivity contribution is 0.0953. The molecular formula is C21H32N4O2. The average molecular weight is 373 g/mol. The highest BCUT2D eigenvalue weighted by Gasteiger charge is 2.42. The van der Waals surface area contributed by atoms with E-state index in [1.807, 2.05) is 31.2 Å². The Bertz CT molecular complexity index is 668. The predicted octanol–water partition coefficient (Wildman–Crippen LogP) is 2.40. The van der Waals surface area contributed by atoms with Gasteiger partial charge in [0.25, 0.3) is 5.91 Å². The Kier molecular flexibility index (Phi) is 6.72. The monoisotopic (exact) mass is 372 g/mol. The lowest BCUT2D eigenvalue weighted by atomic mass is 9.87. The molecule has 0 saturated carbocycles. The van der Waals surface area contributed by atoms with Crippen molar-refractivity contribution in [3.63, 3.8) is 0 Å². The number of ether oxygens (including phenoxy) is 1. The van der Waals surface area contributed by atoms with E-state index < -0.39 is 0 Å². The second-order valence-corrected chi connectivity index (χ2v) is 7.60. The number of amides is 1. The molecule has 6 nitrogen and oxygen atoms in total. The van der Waals surface area contributed by atoms with Crippen molar-refractivity contribution in [3.8, 4) is 0 Å². The zero-order valence-electron chi connectivity index (χ0n) is 16.6. The summed E-state index contributed by atoms with van der Waals surface area (Å²) in [5.74, 6) is 0.944. The van der Waals surface area contributed by atoms with Crippen LogP contribution in [0, 0.1) is 5.41 Å². The van der Waals surface area contributed by atoms with Crippen molar-refractivity contribution in [2.75, 3.05) is 39.4 Å². The van der Waals surface area contributed by atoms with Crippen LogP contribution in [0.3, 0.4) is 0 Å². The third kappa shape index (κ3) is 5.01. The molecule has 1 aromatic carbocycles. The van der Waals surface area contributed by atoms with Crippen LogP contribution in [0.15, 0.2) is 29.3 Å². The minimum atomic E-state index is -0.0164. The number of aliphatic imine (C=N–C) groups is 1. The van der Waals surface area contributed by atoms with Crippen molar-refractivity contribution < 1.29 is 9.53 Å². The molecule has 0 radical (unpaired) electrons. The second-order valence-electron chi connectivity index (χ2n) is 7.60. The molecule has 2 saturated heterocycles. The standard InChI is InChI=1S/C21H32N4O2/c1-3-10-23-19(26)18-7-5-6-17(13-18)14-24-20(22-4-2)25-11-8-21(15-25)9-12-27-16-21/h5-7,13H,3-4,8-12,14-16H2,1-2H3,(H,22,24)(H,23,26). The van der Waals surface area contributed by atoms with Gasteiger partial charge in [-0.05, 0) is 43.9 Å². The van der Waals surface area contributed by atoms with Gasteiger partial charge in [-0.15, -0.1) is 0 Å². The third-order valence-corrected chi connectivity index (χ3v) is 5.39. The molecule has 2 aliphatic rings. The van der Waals surface area contributed by atoms with Crippen LogP contribution in [0.4, 0.5) is 0 Å². The minimum Gasteiger partial charge on any atom is -0.381 e. The van der Waals surface area contributed by atoms with Gasteiger partial charge in [0, 0.05) is 43.8 Å². The summed E-state index contributed by atoms with van der Waals surface area (Å²) in [6.07, 6.45) is 3.26. The zero-order valence-corrected chi connectivity index (χ0v) is 16.6. The van der Waals surface area contributed by atoms with Crippen LogP contribution < -0.4 is 10.6 Å². The number of guanidine groups is 1. The first-order valence-electron chi connectivity index (χ1n) is 10.1.